The molecule has 0 amide bonds. The lowest BCUT2D eigenvalue weighted by molar-refractivity contribution is 0.104. The Labute approximate surface area is 169 Å². The number of pyridine rings is 1. The smallest absolute Gasteiger partial charge is 0.201 e. The van der Waals surface area contributed by atoms with E-state index in [9.17, 15) is 9.90 Å². The molecule has 4 nitrogen and oxygen atoms in total. The molecule has 27 heavy (non-hydrogen) atoms. The molecule has 0 bridgehead atoms. The fourth-order valence-electron chi connectivity index (χ4n) is 2.73. The molecule has 0 saturated carbocycles. The van der Waals surface area contributed by atoms with E-state index in [1.165, 1.54) is 17.8 Å². The van der Waals surface area contributed by atoms with E-state index in [1.807, 2.05) is 6.07 Å². The van der Waals surface area contributed by atoms with Crippen LogP contribution >= 0.6 is 35.0 Å². The number of nitrogens with zero attached hydrogens (tertiary/aromatic N) is 1. The number of phenolic OH excluding ortho intramolecular Hbond substituents is 1. The number of benzene rings is 2. The van der Waals surface area contributed by atoms with Gasteiger partial charge in [0.1, 0.15) is 5.75 Å². The zero-order valence-corrected chi connectivity index (χ0v) is 16.1. The van der Waals surface area contributed by atoms with E-state index in [1.54, 1.807) is 48.8 Å². The van der Waals surface area contributed by atoms with Gasteiger partial charge < -0.3 is 10.4 Å². The maximum Gasteiger partial charge on any atom is 0.201 e. The summed E-state index contributed by atoms with van der Waals surface area (Å²) >= 11 is 13.5. The lowest BCUT2D eigenvalue weighted by Crippen LogP contribution is -2.13. The number of allylic oxidation sites excluding steroid dienone is 1. The maximum absolute atomic E-state index is 13.2. The number of aromatic nitrogens is 1. The highest BCUT2D eigenvalue weighted by Gasteiger charge is 2.27. The minimum Gasteiger partial charge on any atom is -0.507 e. The summed E-state index contributed by atoms with van der Waals surface area (Å²) in [5.74, 6) is -0.158. The highest BCUT2D eigenvalue weighted by Crippen LogP contribution is 2.46. The van der Waals surface area contributed by atoms with Crippen LogP contribution in [0.15, 0.2) is 70.7 Å². The highest BCUT2D eigenvalue weighted by atomic mass is 35.5. The van der Waals surface area contributed by atoms with Crippen molar-refractivity contribution in [3.8, 4) is 5.75 Å². The number of carbonyl (C=O) groups excluding carboxylic acids is 1. The largest absolute Gasteiger partial charge is 0.507 e. The van der Waals surface area contributed by atoms with Crippen molar-refractivity contribution in [3.63, 3.8) is 0 Å². The van der Waals surface area contributed by atoms with Gasteiger partial charge in [0.2, 0.25) is 5.78 Å². The van der Waals surface area contributed by atoms with Crippen molar-refractivity contribution in [3.05, 3.63) is 87.0 Å². The van der Waals surface area contributed by atoms with Crippen molar-refractivity contribution in [2.24, 2.45) is 0 Å². The van der Waals surface area contributed by atoms with Crippen LogP contribution in [0, 0.1) is 0 Å². The van der Waals surface area contributed by atoms with Crippen LogP contribution < -0.4 is 5.32 Å². The number of hydrogen-bond donors (Lipinski definition) is 2. The van der Waals surface area contributed by atoms with Crippen LogP contribution in [0.3, 0.4) is 0 Å². The normalized spacial score (nSPS) is 13.1. The first-order valence-electron chi connectivity index (χ1n) is 7.95. The third-order valence-electron chi connectivity index (χ3n) is 4.02. The van der Waals surface area contributed by atoms with Crippen LogP contribution in [-0.2, 0) is 0 Å². The van der Waals surface area contributed by atoms with Crippen LogP contribution in [0.4, 0.5) is 5.69 Å². The van der Waals surface area contributed by atoms with Crippen molar-refractivity contribution in [1.82, 2.24) is 4.98 Å². The summed E-state index contributed by atoms with van der Waals surface area (Å²) in [5.41, 5.74) is 2.24. The highest BCUT2D eigenvalue weighted by molar-refractivity contribution is 8.04. The third-order valence-corrected chi connectivity index (χ3v) is 5.64. The number of phenols is 1. The van der Waals surface area contributed by atoms with Crippen LogP contribution in [0.25, 0.3) is 5.70 Å². The summed E-state index contributed by atoms with van der Waals surface area (Å²) in [4.78, 5) is 18.4. The number of thioether (sulfide) groups is 1. The number of halogens is 2. The number of fused-ring (bicyclic) bond motifs is 1. The Morgan fingerprint density at radius 1 is 1.00 bits per heavy atom. The average Bonchev–Trinajstić information content (AvgIpc) is 2.69. The molecule has 0 fully saturated rings. The average molecular weight is 415 g/mol. The first-order valence-corrected chi connectivity index (χ1v) is 9.52. The van der Waals surface area contributed by atoms with Crippen LogP contribution in [0.1, 0.15) is 15.9 Å². The molecule has 1 aliphatic heterocycles. The zero-order valence-electron chi connectivity index (χ0n) is 13.7. The number of anilines is 1. The summed E-state index contributed by atoms with van der Waals surface area (Å²) in [6, 6.07) is 13.4. The first-order chi connectivity index (χ1) is 13.0. The van der Waals surface area contributed by atoms with E-state index < -0.39 is 0 Å². The molecule has 2 N–H and O–H groups in total. The lowest BCUT2D eigenvalue weighted by atomic mass is 10.1. The molecule has 7 heteroatoms. The van der Waals surface area contributed by atoms with Crippen LogP contribution in [-0.4, -0.2) is 15.9 Å². The molecule has 2 heterocycles. The molecule has 3 aromatic rings. The molecule has 134 valence electrons. The van der Waals surface area contributed by atoms with Gasteiger partial charge in [-0.3, -0.25) is 9.78 Å². The monoisotopic (exact) mass is 414 g/mol. The zero-order chi connectivity index (χ0) is 19.0. The molecule has 0 unspecified atom stereocenters. The Morgan fingerprint density at radius 2 is 1.70 bits per heavy atom. The molecule has 1 aliphatic rings. The Hall–Kier alpha value is -2.47. The molecule has 0 aliphatic carbocycles. The Bertz CT molecular complexity index is 1080. The molecule has 0 radical (unpaired) electrons. The molecular formula is C20H12Cl2N2O2S. The summed E-state index contributed by atoms with van der Waals surface area (Å²) in [6.45, 7) is 0. The van der Waals surface area contributed by atoms with Gasteiger partial charge in [-0.1, -0.05) is 35.0 Å². The first kappa shape index (κ1) is 17.9. The summed E-state index contributed by atoms with van der Waals surface area (Å²) < 4.78 is 0. The quantitative estimate of drug-likeness (QED) is 0.525. The maximum atomic E-state index is 13.2. The van der Waals surface area contributed by atoms with Gasteiger partial charge in [-0.2, -0.15) is 0 Å². The molecule has 0 saturated heterocycles. The minimum absolute atomic E-state index is 0.0277. The van der Waals surface area contributed by atoms with Crippen molar-refractivity contribution in [2.75, 3.05) is 5.32 Å². The van der Waals surface area contributed by atoms with Crippen molar-refractivity contribution in [1.29, 1.82) is 0 Å². The van der Waals surface area contributed by atoms with Crippen molar-refractivity contribution in [2.45, 2.75) is 4.90 Å². The standard InChI is InChI=1S/C20H12Cl2N2O2S/c21-12-2-4-16(25)14(9-12)18-20(19(26)11-5-7-23-8-6-11)27-17-10-13(22)1-3-15(17)24-18/h1-10,24-25H. The lowest BCUT2D eigenvalue weighted by Gasteiger charge is -2.24. The molecule has 4 rings (SSSR count). The summed E-state index contributed by atoms with van der Waals surface area (Å²) in [5, 5.41) is 14.7. The van der Waals surface area contributed by atoms with Gasteiger partial charge in [-0.05, 0) is 48.5 Å². The molecule has 1 aromatic heterocycles. The molecule has 0 spiro atoms. The second-order valence-electron chi connectivity index (χ2n) is 5.80. The fourth-order valence-corrected chi connectivity index (χ4v) is 4.25. The van der Waals surface area contributed by atoms with Gasteiger partial charge in [0, 0.05) is 38.5 Å². The molecule has 0 atom stereocenters. The van der Waals surface area contributed by atoms with Gasteiger partial charge in [0.15, 0.2) is 0 Å². The van der Waals surface area contributed by atoms with Gasteiger partial charge in [0.05, 0.1) is 16.3 Å². The van der Waals surface area contributed by atoms with Crippen molar-refractivity contribution < 1.29 is 9.90 Å². The second-order valence-corrected chi connectivity index (χ2v) is 7.72. The van der Waals surface area contributed by atoms with Gasteiger partial charge in [-0.25, -0.2) is 0 Å². The number of aromatic hydroxyl groups is 1. The predicted octanol–water partition coefficient (Wildman–Crippen LogP) is 5.86. The number of ketones is 1. The van der Waals surface area contributed by atoms with E-state index in [0.29, 0.717) is 31.8 Å². The SMILES string of the molecule is O=C(C1=C(c2cc(Cl)ccc2O)Nc2ccc(Cl)cc2S1)c1ccncc1. The Balaban J connectivity index is 1.90. The third kappa shape index (κ3) is 3.54. The number of Topliss-reactive ketones (excluding diaryl/α,β-unsaturated/α-hetero) is 1. The topological polar surface area (TPSA) is 62.2 Å². The van der Waals surface area contributed by atoms with E-state index in [-0.39, 0.29) is 11.5 Å². The summed E-state index contributed by atoms with van der Waals surface area (Å²) in [6.07, 6.45) is 3.13. The van der Waals surface area contributed by atoms with E-state index in [4.69, 9.17) is 23.2 Å². The minimum atomic E-state index is -0.185. The van der Waals surface area contributed by atoms with Gasteiger partial charge >= 0.3 is 0 Å². The fraction of sp³-hybridized carbons (Fsp3) is 0. The Kier molecular flexibility index (Phi) is 4.83. The van der Waals surface area contributed by atoms with E-state index in [2.05, 4.69) is 10.3 Å². The number of rotatable bonds is 3. The Morgan fingerprint density at radius 3 is 2.48 bits per heavy atom. The van der Waals surface area contributed by atoms with Crippen LogP contribution in [0.5, 0.6) is 5.75 Å². The van der Waals surface area contributed by atoms with E-state index in [0.717, 1.165) is 10.6 Å². The predicted molar refractivity (Wildman–Crippen MR) is 110 cm³/mol. The van der Waals surface area contributed by atoms with Gasteiger partial charge in [-0.15, -0.1) is 0 Å². The van der Waals surface area contributed by atoms with E-state index >= 15 is 0 Å². The molecule has 2 aromatic carbocycles. The van der Waals surface area contributed by atoms with Crippen LogP contribution in [0.2, 0.25) is 10.0 Å². The number of nitrogens with one attached hydrogen (secondary N) is 1. The molecular weight excluding hydrogens is 403 g/mol. The second kappa shape index (κ2) is 7.27. The van der Waals surface area contributed by atoms with Gasteiger partial charge in [0.25, 0.3) is 0 Å². The number of carbonyl (C=O) groups is 1. The number of hydrogen-bond acceptors (Lipinski definition) is 5. The summed E-state index contributed by atoms with van der Waals surface area (Å²) in [7, 11) is 0. The van der Waals surface area contributed by atoms with Crippen molar-refractivity contribution >= 4 is 52.1 Å².